The Kier molecular flexibility index (Phi) is 5.90. The van der Waals surface area contributed by atoms with E-state index < -0.39 is 10.0 Å². The van der Waals surface area contributed by atoms with Gasteiger partial charge in [0, 0.05) is 12.1 Å². The van der Waals surface area contributed by atoms with E-state index in [1.807, 2.05) is 30.3 Å². The third-order valence-electron chi connectivity index (χ3n) is 4.28. The number of rotatable bonds is 6. The average molecular weight is 422 g/mol. The third kappa shape index (κ3) is 4.63. The quantitative estimate of drug-likeness (QED) is 0.726. The number of nitrogens with one attached hydrogen (secondary N) is 1. The Labute approximate surface area is 169 Å². The Bertz CT molecular complexity index is 1010. The van der Waals surface area contributed by atoms with Gasteiger partial charge < -0.3 is 4.74 Å². The maximum absolute atomic E-state index is 12.3. The fourth-order valence-electron chi connectivity index (χ4n) is 3.04. The first-order valence-corrected chi connectivity index (χ1v) is 10.9. The molecular weight excluding hydrogens is 402 g/mol. The van der Waals surface area contributed by atoms with Crippen LogP contribution >= 0.6 is 11.6 Å². The van der Waals surface area contributed by atoms with E-state index in [-0.39, 0.29) is 17.8 Å². The predicted molar refractivity (Wildman–Crippen MR) is 109 cm³/mol. The van der Waals surface area contributed by atoms with E-state index in [1.165, 1.54) is 5.01 Å². The molecule has 1 aliphatic rings. The molecule has 7 nitrogen and oxygen atoms in total. The SMILES string of the molecule is COc1ccc([C@@H]2CC(c3cccc(NS(C)(=O)=O)c3)=NN2C(=O)CCl)cc1. The van der Waals surface area contributed by atoms with Gasteiger partial charge in [-0.2, -0.15) is 5.10 Å². The lowest BCUT2D eigenvalue weighted by Gasteiger charge is -2.21. The van der Waals surface area contributed by atoms with Crippen molar-refractivity contribution in [2.45, 2.75) is 12.5 Å². The zero-order valence-electron chi connectivity index (χ0n) is 15.4. The largest absolute Gasteiger partial charge is 0.497 e. The van der Waals surface area contributed by atoms with Crippen LogP contribution in [0.15, 0.2) is 53.6 Å². The standard InChI is InChI=1S/C19H20ClN3O4S/c1-27-16-8-6-13(7-9-16)18-11-17(21-23(18)19(24)12-20)14-4-3-5-15(10-14)22-28(2,25)26/h3-10,18,22H,11-12H2,1-2H3/t18-/m0/s1. The summed E-state index contributed by atoms with van der Waals surface area (Å²) < 4.78 is 30.6. The average Bonchev–Trinajstić information content (AvgIpc) is 3.12. The van der Waals surface area contributed by atoms with Crippen molar-refractivity contribution in [2.24, 2.45) is 5.10 Å². The van der Waals surface area contributed by atoms with Crippen LogP contribution in [0, 0.1) is 0 Å². The van der Waals surface area contributed by atoms with Gasteiger partial charge in [-0.05, 0) is 35.4 Å². The summed E-state index contributed by atoms with van der Waals surface area (Å²) in [6.07, 6.45) is 1.57. The van der Waals surface area contributed by atoms with Gasteiger partial charge in [0.15, 0.2) is 0 Å². The Morgan fingerprint density at radius 2 is 2.00 bits per heavy atom. The molecule has 0 fully saturated rings. The number of sulfonamides is 1. The van der Waals surface area contributed by atoms with E-state index in [2.05, 4.69) is 9.82 Å². The van der Waals surface area contributed by atoms with E-state index in [0.717, 1.165) is 23.1 Å². The highest BCUT2D eigenvalue weighted by atomic mass is 35.5. The first-order chi connectivity index (χ1) is 13.3. The summed E-state index contributed by atoms with van der Waals surface area (Å²) >= 11 is 5.77. The van der Waals surface area contributed by atoms with E-state index in [4.69, 9.17) is 16.3 Å². The first-order valence-electron chi connectivity index (χ1n) is 8.48. The molecule has 1 amide bonds. The maximum Gasteiger partial charge on any atom is 0.258 e. The van der Waals surface area contributed by atoms with Gasteiger partial charge in [-0.3, -0.25) is 9.52 Å². The van der Waals surface area contributed by atoms with Crippen molar-refractivity contribution < 1.29 is 17.9 Å². The second-order valence-corrected chi connectivity index (χ2v) is 8.38. The van der Waals surface area contributed by atoms with Crippen LogP contribution in [0.1, 0.15) is 23.6 Å². The normalized spacial score (nSPS) is 16.6. The molecule has 0 aromatic heterocycles. The molecule has 1 aliphatic heterocycles. The second-order valence-electron chi connectivity index (χ2n) is 6.37. The van der Waals surface area contributed by atoms with Crippen LogP contribution < -0.4 is 9.46 Å². The fraction of sp³-hybridized carbons (Fsp3) is 0.263. The summed E-state index contributed by atoms with van der Waals surface area (Å²) in [5.74, 6) is 0.236. The van der Waals surface area contributed by atoms with Crippen molar-refractivity contribution in [2.75, 3.05) is 24.0 Å². The van der Waals surface area contributed by atoms with Crippen LogP contribution in [-0.2, 0) is 14.8 Å². The lowest BCUT2D eigenvalue weighted by Crippen LogP contribution is -2.27. The summed E-state index contributed by atoms with van der Waals surface area (Å²) in [6.45, 7) is 0. The third-order valence-corrected chi connectivity index (χ3v) is 5.11. The highest BCUT2D eigenvalue weighted by molar-refractivity contribution is 7.92. The van der Waals surface area contributed by atoms with Crippen LogP contribution in [0.4, 0.5) is 5.69 Å². The smallest absolute Gasteiger partial charge is 0.258 e. The van der Waals surface area contributed by atoms with Crippen molar-refractivity contribution in [3.63, 3.8) is 0 Å². The minimum atomic E-state index is -3.39. The van der Waals surface area contributed by atoms with E-state index >= 15 is 0 Å². The summed E-state index contributed by atoms with van der Waals surface area (Å²) in [4.78, 5) is 12.3. The van der Waals surface area contributed by atoms with Gasteiger partial charge in [0.2, 0.25) is 10.0 Å². The van der Waals surface area contributed by atoms with Crippen molar-refractivity contribution >= 4 is 38.9 Å². The molecule has 0 unspecified atom stereocenters. The van der Waals surface area contributed by atoms with Crippen LogP contribution in [0.25, 0.3) is 0 Å². The number of hydrogen-bond acceptors (Lipinski definition) is 5. The van der Waals surface area contributed by atoms with Gasteiger partial charge in [-0.15, -0.1) is 11.6 Å². The van der Waals surface area contributed by atoms with Gasteiger partial charge in [0.25, 0.3) is 5.91 Å². The Balaban J connectivity index is 1.92. The van der Waals surface area contributed by atoms with Crippen molar-refractivity contribution in [1.29, 1.82) is 0 Å². The molecule has 0 radical (unpaired) electrons. The Morgan fingerprint density at radius 3 is 2.61 bits per heavy atom. The van der Waals surface area contributed by atoms with E-state index in [9.17, 15) is 13.2 Å². The minimum absolute atomic E-state index is 0.181. The first kappa shape index (κ1) is 20.2. The monoisotopic (exact) mass is 421 g/mol. The number of amides is 1. The van der Waals surface area contributed by atoms with Gasteiger partial charge in [-0.25, -0.2) is 13.4 Å². The number of halogens is 1. The fourth-order valence-corrected chi connectivity index (χ4v) is 3.72. The lowest BCUT2D eigenvalue weighted by molar-refractivity contribution is -0.130. The molecule has 0 spiro atoms. The second kappa shape index (κ2) is 8.20. The molecule has 9 heteroatoms. The molecule has 2 aromatic rings. The molecule has 0 saturated heterocycles. The van der Waals surface area contributed by atoms with Gasteiger partial charge >= 0.3 is 0 Å². The minimum Gasteiger partial charge on any atom is -0.497 e. The van der Waals surface area contributed by atoms with Crippen LogP contribution in [0.5, 0.6) is 5.75 Å². The van der Waals surface area contributed by atoms with Crippen molar-refractivity contribution in [1.82, 2.24) is 5.01 Å². The van der Waals surface area contributed by atoms with Gasteiger partial charge in [-0.1, -0.05) is 24.3 Å². The molecule has 3 rings (SSSR count). The summed E-state index contributed by atoms with van der Waals surface area (Å²) in [6, 6.07) is 14.0. The number of hydrazone groups is 1. The van der Waals surface area contributed by atoms with Gasteiger partial charge in [0.05, 0.1) is 25.1 Å². The van der Waals surface area contributed by atoms with Crippen molar-refractivity contribution in [3.8, 4) is 5.75 Å². The number of anilines is 1. The number of methoxy groups -OCH3 is 1. The molecule has 148 valence electrons. The number of carbonyl (C=O) groups excluding carboxylic acids is 1. The molecule has 1 N–H and O–H groups in total. The molecule has 0 bridgehead atoms. The molecule has 1 atom stereocenters. The highest BCUT2D eigenvalue weighted by Gasteiger charge is 2.32. The molecule has 0 aliphatic carbocycles. The molecular formula is C19H20ClN3O4S. The van der Waals surface area contributed by atoms with Crippen LogP contribution in [0.2, 0.25) is 0 Å². The number of carbonyl (C=O) groups is 1. The number of hydrogen-bond donors (Lipinski definition) is 1. The number of nitrogens with zero attached hydrogens (tertiary/aromatic N) is 2. The lowest BCUT2D eigenvalue weighted by atomic mass is 9.98. The molecule has 0 saturated carbocycles. The topological polar surface area (TPSA) is 88.1 Å². The number of alkyl halides is 1. The van der Waals surface area contributed by atoms with E-state index in [1.54, 1.807) is 25.3 Å². The molecule has 2 aromatic carbocycles. The zero-order valence-corrected chi connectivity index (χ0v) is 17.0. The molecule has 1 heterocycles. The van der Waals surface area contributed by atoms with Crippen molar-refractivity contribution in [3.05, 3.63) is 59.7 Å². The van der Waals surface area contributed by atoms with Gasteiger partial charge in [0.1, 0.15) is 11.6 Å². The highest BCUT2D eigenvalue weighted by Crippen LogP contribution is 2.34. The molecule has 28 heavy (non-hydrogen) atoms. The summed E-state index contributed by atoms with van der Waals surface area (Å²) in [7, 11) is -1.80. The Hall–Kier alpha value is -2.58. The predicted octanol–water partition coefficient (Wildman–Crippen LogP) is 2.98. The maximum atomic E-state index is 12.3. The summed E-state index contributed by atoms with van der Waals surface area (Å²) in [5.41, 5.74) is 2.75. The van der Waals surface area contributed by atoms with Crippen LogP contribution in [-0.4, -0.2) is 44.3 Å². The van der Waals surface area contributed by atoms with Crippen LogP contribution in [0.3, 0.4) is 0 Å². The zero-order chi connectivity index (χ0) is 20.3. The number of benzene rings is 2. The van der Waals surface area contributed by atoms with E-state index in [0.29, 0.717) is 17.8 Å². The Morgan fingerprint density at radius 1 is 1.29 bits per heavy atom. The summed E-state index contributed by atoms with van der Waals surface area (Å²) in [5, 5.41) is 5.86. The number of ether oxygens (including phenoxy) is 1.